The standard InChI is InChI=1S/C40H54O25/c41-11-22-27(50)29(52)32(55)37(60-22)59-14-24-34(63-25(48)6-3-15-1-4-17(43)19(45)9-15)35(64-39-33(56)30(53)28(51)23(12-42)61-39)36(65-38-31(54)26(49)21(47)13-58-38)40(62-24)57-8-7-16-2-5-18(44)20(46)10-16/h1-6,9-10,21-24,26-47,49-56H,7-8,11-14H2/b6-3+/t21-,22-,23+,24+,26-,27-,28+,29+,30-,31+,32-,33+,34+,35-,36+,37-,38-,39-,40+/m0/s1. The van der Waals surface area contributed by atoms with E-state index in [4.69, 9.17) is 42.6 Å². The van der Waals surface area contributed by atoms with Crippen molar-refractivity contribution < 1.29 is 124 Å². The van der Waals surface area contributed by atoms with Crippen LogP contribution >= 0.6 is 0 Å². The van der Waals surface area contributed by atoms with Gasteiger partial charge < -0.3 is 119 Å². The van der Waals surface area contributed by atoms with Crippen molar-refractivity contribution in [1.29, 1.82) is 0 Å². The number of carbonyl (C=O) groups excluding carboxylic acids is 1. The van der Waals surface area contributed by atoms with E-state index in [0.717, 1.165) is 24.3 Å². The molecule has 0 spiro atoms. The number of aliphatic hydroxyl groups is 11. The molecule has 6 rings (SSSR count). The Hall–Kier alpha value is -3.91. The molecule has 2 aromatic carbocycles. The van der Waals surface area contributed by atoms with Gasteiger partial charge in [-0.15, -0.1) is 0 Å². The van der Waals surface area contributed by atoms with E-state index in [-0.39, 0.29) is 18.6 Å². The summed E-state index contributed by atoms with van der Waals surface area (Å²) in [5.74, 6) is -3.05. The highest BCUT2D eigenvalue weighted by Crippen LogP contribution is 2.36. The van der Waals surface area contributed by atoms with Crippen molar-refractivity contribution >= 4 is 12.0 Å². The largest absolute Gasteiger partial charge is 0.504 e. The second-order valence-electron chi connectivity index (χ2n) is 15.6. The average Bonchev–Trinajstić information content (AvgIpc) is 3.28. The zero-order valence-electron chi connectivity index (χ0n) is 34.1. The van der Waals surface area contributed by atoms with E-state index >= 15 is 0 Å². The van der Waals surface area contributed by atoms with Crippen molar-refractivity contribution in [1.82, 2.24) is 0 Å². The van der Waals surface area contributed by atoms with E-state index < -0.39 is 172 Å². The summed E-state index contributed by atoms with van der Waals surface area (Å²) in [6.45, 7) is -3.46. The van der Waals surface area contributed by atoms with Gasteiger partial charge in [0.25, 0.3) is 0 Å². The molecular weight excluding hydrogens is 880 g/mol. The first-order chi connectivity index (χ1) is 30.9. The Bertz CT molecular complexity index is 1880. The number of hydrogen-bond donors (Lipinski definition) is 15. The molecule has 4 aliphatic heterocycles. The van der Waals surface area contributed by atoms with Crippen LogP contribution in [0.1, 0.15) is 11.1 Å². The molecule has 0 unspecified atom stereocenters. The molecule has 15 N–H and O–H groups in total. The van der Waals surface area contributed by atoms with E-state index in [2.05, 4.69) is 0 Å². The van der Waals surface area contributed by atoms with Gasteiger partial charge in [-0.2, -0.15) is 0 Å². The third-order valence-corrected chi connectivity index (χ3v) is 11.1. The molecule has 0 radical (unpaired) electrons. The number of phenols is 4. The molecule has 0 saturated carbocycles. The van der Waals surface area contributed by atoms with Crippen LogP contribution in [0.3, 0.4) is 0 Å². The van der Waals surface area contributed by atoms with Gasteiger partial charge in [0.2, 0.25) is 0 Å². The number of phenolic OH excluding ortho intramolecular Hbond substituents is 4. The van der Waals surface area contributed by atoms with E-state index in [0.29, 0.717) is 5.56 Å². The number of aromatic hydroxyl groups is 4. The molecule has 65 heavy (non-hydrogen) atoms. The molecule has 0 amide bonds. The molecule has 4 fully saturated rings. The fraction of sp³-hybridized carbons (Fsp3) is 0.625. The molecule has 0 aromatic heterocycles. The Morgan fingerprint density at radius 1 is 0.585 bits per heavy atom. The van der Waals surface area contributed by atoms with Gasteiger partial charge in [0, 0.05) is 6.08 Å². The summed E-state index contributed by atoms with van der Waals surface area (Å²) < 4.78 is 53.0. The maximum Gasteiger partial charge on any atom is 0.331 e. The van der Waals surface area contributed by atoms with Crippen molar-refractivity contribution in [2.75, 3.05) is 33.0 Å². The van der Waals surface area contributed by atoms with E-state index in [1.54, 1.807) is 0 Å². The van der Waals surface area contributed by atoms with Gasteiger partial charge in [-0.3, -0.25) is 0 Å². The van der Waals surface area contributed by atoms with Crippen molar-refractivity contribution in [3.8, 4) is 23.0 Å². The first kappa shape index (κ1) is 50.5. The Balaban J connectivity index is 1.40. The summed E-state index contributed by atoms with van der Waals surface area (Å²) in [6, 6.07) is 7.48. The fourth-order valence-electron chi connectivity index (χ4n) is 7.37. The normalized spacial score (nSPS) is 39.0. The molecule has 2 aromatic rings. The molecule has 4 saturated heterocycles. The van der Waals surface area contributed by atoms with Crippen molar-refractivity contribution in [2.45, 2.75) is 123 Å². The van der Waals surface area contributed by atoms with Crippen LogP contribution in [0.15, 0.2) is 42.5 Å². The SMILES string of the molecule is O=C(/C=C/c1ccc(O)c(O)c1)O[C@H]1[C@H](O[C@@H]2O[C@H](CO)[C@@H](O)[C@H](O)[C@H]2O)[C@@H](O[C@@H]2OC[C@H](O)[C@H](O)[C@H]2O)[C@H](OCCc2ccc(O)c(O)c2)O[C@@H]1CO[C@H]1O[C@@H](CO)[C@H](O)[C@@H](O)[C@@H]1O. The van der Waals surface area contributed by atoms with Gasteiger partial charge in [-0.05, 0) is 47.9 Å². The predicted molar refractivity (Wildman–Crippen MR) is 208 cm³/mol. The zero-order valence-corrected chi connectivity index (χ0v) is 34.1. The molecule has 0 aliphatic carbocycles. The highest BCUT2D eigenvalue weighted by molar-refractivity contribution is 5.87. The number of ether oxygens (including phenoxy) is 9. The number of esters is 1. The molecule has 4 heterocycles. The van der Waals surface area contributed by atoms with Gasteiger partial charge in [0.05, 0.1) is 33.0 Å². The van der Waals surface area contributed by atoms with E-state index in [1.807, 2.05) is 0 Å². The Morgan fingerprint density at radius 3 is 1.78 bits per heavy atom. The Morgan fingerprint density at radius 2 is 1.15 bits per heavy atom. The number of benzene rings is 2. The monoisotopic (exact) mass is 934 g/mol. The summed E-state index contributed by atoms with van der Waals surface area (Å²) in [5, 5.41) is 155. The maximum atomic E-state index is 13.7. The number of hydrogen-bond acceptors (Lipinski definition) is 25. The highest BCUT2D eigenvalue weighted by Gasteiger charge is 2.56. The van der Waals surface area contributed by atoms with Gasteiger partial charge in [0.15, 0.2) is 54.3 Å². The van der Waals surface area contributed by atoms with Crippen LogP contribution in [0, 0.1) is 0 Å². The molecule has 25 nitrogen and oxygen atoms in total. The first-order valence-electron chi connectivity index (χ1n) is 20.3. The molecule has 0 bridgehead atoms. The summed E-state index contributed by atoms with van der Waals surface area (Å²) in [6.07, 6.45) is -32.8. The summed E-state index contributed by atoms with van der Waals surface area (Å²) in [5.41, 5.74) is 0.614. The maximum absolute atomic E-state index is 13.7. The highest BCUT2D eigenvalue weighted by atomic mass is 16.8. The van der Waals surface area contributed by atoms with Crippen LogP contribution in [0.25, 0.3) is 6.08 Å². The van der Waals surface area contributed by atoms with Gasteiger partial charge in [-0.1, -0.05) is 12.1 Å². The lowest BCUT2D eigenvalue weighted by molar-refractivity contribution is -0.390. The predicted octanol–water partition coefficient (Wildman–Crippen LogP) is -5.76. The third-order valence-electron chi connectivity index (χ3n) is 11.1. The van der Waals surface area contributed by atoms with E-state index in [9.17, 15) is 81.4 Å². The van der Waals surface area contributed by atoms with Crippen LogP contribution in [-0.4, -0.2) is 232 Å². The first-order valence-corrected chi connectivity index (χ1v) is 20.3. The Labute approximate surface area is 368 Å². The lowest BCUT2D eigenvalue weighted by Gasteiger charge is -2.49. The second-order valence-corrected chi connectivity index (χ2v) is 15.6. The Kier molecular flexibility index (Phi) is 17.3. The zero-order chi connectivity index (χ0) is 47.3. The van der Waals surface area contributed by atoms with Crippen LogP contribution in [0.4, 0.5) is 0 Å². The molecule has 19 atom stereocenters. The fourth-order valence-corrected chi connectivity index (χ4v) is 7.37. The summed E-state index contributed by atoms with van der Waals surface area (Å²) in [7, 11) is 0. The quantitative estimate of drug-likeness (QED) is 0.0424. The summed E-state index contributed by atoms with van der Waals surface area (Å²) in [4.78, 5) is 13.7. The number of aliphatic hydroxyl groups excluding tert-OH is 11. The summed E-state index contributed by atoms with van der Waals surface area (Å²) >= 11 is 0. The average molecular weight is 935 g/mol. The van der Waals surface area contributed by atoms with Crippen LogP contribution < -0.4 is 0 Å². The number of carbonyl (C=O) groups is 1. The second kappa shape index (κ2) is 22.3. The molecular formula is C40H54O25. The minimum absolute atomic E-state index is 0.00578. The number of rotatable bonds is 16. The minimum Gasteiger partial charge on any atom is -0.504 e. The molecule has 364 valence electrons. The van der Waals surface area contributed by atoms with Gasteiger partial charge >= 0.3 is 5.97 Å². The molecule has 25 heteroatoms. The van der Waals surface area contributed by atoms with Crippen LogP contribution in [0.2, 0.25) is 0 Å². The minimum atomic E-state index is -2.10. The van der Waals surface area contributed by atoms with E-state index in [1.165, 1.54) is 24.3 Å². The smallest absolute Gasteiger partial charge is 0.331 e. The molecule has 4 aliphatic rings. The topological polar surface area (TPSA) is 404 Å². The van der Waals surface area contributed by atoms with Crippen molar-refractivity contribution in [3.63, 3.8) is 0 Å². The van der Waals surface area contributed by atoms with Crippen LogP contribution in [-0.2, 0) is 53.8 Å². The lowest BCUT2D eigenvalue weighted by Crippen LogP contribution is -2.67. The third kappa shape index (κ3) is 11.8. The van der Waals surface area contributed by atoms with Crippen molar-refractivity contribution in [2.24, 2.45) is 0 Å². The lowest BCUT2D eigenvalue weighted by atomic mass is 9.96. The van der Waals surface area contributed by atoms with Crippen LogP contribution in [0.5, 0.6) is 23.0 Å². The van der Waals surface area contributed by atoms with Gasteiger partial charge in [0.1, 0.15) is 85.5 Å². The van der Waals surface area contributed by atoms with Crippen molar-refractivity contribution in [3.05, 3.63) is 53.6 Å². The van der Waals surface area contributed by atoms with Gasteiger partial charge in [-0.25, -0.2) is 4.79 Å².